The fraction of sp³-hybridized carbons (Fsp3) is 0.562. The van der Waals surface area contributed by atoms with Crippen LogP contribution < -0.4 is 5.32 Å². The summed E-state index contributed by atoms with van der Waals surface area (Å²) in [6, 6.07) is 6.67. The largest absolute Gasteiger partial charge is 0.331 e. The molecule has 19 heavy (non-hydrogen) atoms. The molecule has 3 heteroatoms. The van der Waals surface area contributed by atoms with Crippen molar-refractivity contribution in [1.82, 2.24) is 14.9 Å². The molecule has 0 amide bonds. The van der Waals surface area contributed by atoms with Crippen LogP contribution in [0.4, 0.5) is 0 Å². The first-order chi connectivity index (χ1) is 9.15. The monoisotopic (exact) mass is 257 g/mol. The van der Waals surface area contributed by atoms with Crippen LogP contribution in [0.25, 0.3) is 11.0 Å². The molecule has 2 heterocycles. The Morgan fingerprint density at radius 1 is 1.42 bits per heavy atom. The second kappa shape index (κ2) is 4.97. The van der Waals surface area contributed by atoms with Crippen molar-refractivity contribution in [3.8, 4) is 0 Å². The molecule has 1 aromatic carbocycles. The topological polar surface area (TPSA) is 29.9 Å². The van der Waals surface area contributed by atoms with Crippen LogP contribution in [0.2, 0.25) is 0 Å². The predicted octanol–water partition coefficient (Wildman–Crippen LogP) is 2.85. The number of hydrogen-bond donors (Lipinski definition) is 1. The number of hydrogen-bond acceptors (Lipinski definition) is 2. The summed E-state index contributed by atoms with van der Waals surface area (Å²) >= 11 is 0. The maximum atomic E-state index is 4.81. The maximum absolute atomic E-state index is 4.81. The fourth-order valence-corrected chi connectivity index (χ4v) is 2.95. The molecular weight excluding hydrogens is 234 g/mol. The van der Waals surface area contributed by atoms with Gasteiger partial charge in [-0.15, -0.1) is 0 Å². The van der Waals surface area contributed by atoms with Gasteiger partial charge in [0.05, 0.1) is 11.0 Å². The smallest absolute Gasteiger partial charge is 0.109 e. The second-order valence-corrected chi connectivity index (χ2v) is 6.05. The summed E-state index contributed by atoms with van der Waals surface area (Å²) < 4.78 is 2.28. The molecule has 3 rings (SSSR count). The average Bonchev–Trinajstić information content (AvgIpc) is 2.99. The molecule has 1 aliphatic rings. The van der Waals surface area contributed by atoms with Gasteiger partial charge >= 0.3 is 0 Å². The van der Waals surface area contributed by atoms with Crippen molar-refractivity contribution < 1.29 is 0 Å². The van der Waals surface area contributed by atoms with E-state index in [2.05, 4.69) is 49.0 Å². The minimum atomic E-state index is 0.571. The van der Waals surface area contributed by atoms with Crippen LogP contribution in [0, 0.1) is 5.92 Å². The quantitative estimate of drug-likeness (QED) is 0.916. The van der Waals surface area contributed by atoms with Crippen molar-refractivity contribution in [2.45, 2.75) is 32.6 Å². The molecule has 0 aliphatic carbocycles. The minimum absolute atomic E-state index is 0.571. The van der Waals surface area contributed by atoms with Gasteiger partial charge in [-0.1, -0.05) is 19.9 Å². The number of nitrogens with zero attached hydrogens (tertiary/aromatic N) is 2. The SMILES string of the molecule is CC(C)c1ccc2nc(CC3CCNC3)n(C)c2c1. The van der Waals surface area contributed by atoms with Gasteiger partial charge in [-0.25, -0.2) is 4.98 Å². The van der Waals surface area contributed by atoms with Gasteiger partial charge in [0.2, 0.25) is 0 Å². The lowest BCUT2D eigenvalue weighted by Crippen LogP contribution is -2.12. The molecular formula is C16H23N3. The van der Waals surface area contributed by atoms with E-state index in [4.69, 9.17) is 4.98 Å². The highest BCUT2D eigenvalue weighted by Crippen LogP contribution is 2.23. The Kier molecular flexibility index (Phi) is 3.31. The molecule has 102 valence electrons. The standard InChI is InChI=1S/C16H23N3/c1-11(2)13-4-5-14-15(9-13)19(3)16(18-14)8-12-6-7-17-10-12/h4-5,9,11-12,17H,6-8,10H2,1-3H3. The first-order valence-electron chi connectivity index (χ1n) is 7.31. The highest BCUT2D eigenvalue weighted by Gasteiger charge is 2.18. The Bertz CT molecular complexity index is 577. The molecule has 0 spiro atoms. The molecule has 1 N–H and O–H groups in total. The van der Waals surface area contributed by atoms with Crippen molar-refractivity contribution in [2.75, 3.05) is 13.1 Å². The van der Waals surface area contributed by atoms with Gasteiger partial charge in [0, 0.05) is 13.5 Å². The van der Waals surface area contributed by atoms with Crippen LogP contribution in [0.1, 0.15) is 37.6 Å². The predicted molar refractivity (Wildman–Crippen MR) is 79.5 cm³/mol. The molecule has 3 nitrogen and oxygen atoms in total. The van der Waals surface area contributed by atoms with Gasteiger partial charge in [0.1, 0.15) is 5.82 Å². The highest BCUT2D eigenvalue weighted by molar-refractivity contribution is 5.77. The van der Waals surface area contributed by atoms with E-state index >= 15 is 0 Å². The van der Waals surface area contributed by atoms with Gasteiger partial charge in [0.25, 0.3) is 0 Å². The van der Waals surface area contributed by atoms with Gasteiger partial charge < -0.3 is 9.88 Å². The number of rotatable bonds is 3. The molecule has 1 aromatic heterocycles. The lowest BCUT2D eigenvalue weighted by atomic mass is 10.0. The van der Waals surface area contributed by atoms with E-state index in [1.54, 1.807) is 0 Å². The lowest BCUT2D eigenvalue weighted by molar-refractivity contribution is 0.552. The third-order valence-electron chi connectivity index (χ3n) is 4.30. The first-order valence-corrected chi connectivity index (χ1v) is 7.31. The molecule has 1 unspecified atom stereocenters. The number of aryl methyl sites for hydroxylation is 1. The van der Waals surface area contributed by atoms with Gasteiger partial charge in [0.15, 0.2) is 0 Å². The zero-order valence-corrected chi connectivity index (χ0v) is 12.1. The van der Waals surface area contributed by atoms with E-state index in [0.29, 0.717) is 5.92 Å². The van der Waals surface area contributed by atoms with Crippen LogP contribution >= 0.6 is 0 Å². The number of benzene rings is 1. The fourth-order valence-electron chi connectivity index (χ4n) is 2.95. The summed E-state index contributed by atoms with van der Waals surface area (Å²) in [5, 5.41) is 3.43. The Morgan fingerprint density at radius 3 is 2.95 bits per heavy atom. The van der Waals surface area contributed by atoms with E-state index in [9.17, 15) is 0 Å². The average molecular weight is 257 g/mol. The lowest BCUT2D eigenvalue weighted by Gasteiger charge is -2.08. The summed E-state index contributed by atoms with van der Waals surface area (Å²) in [6.45, 7) is 6.78. The molecule has 1 fully saturated rings. The molecule has 0 radical (unpaired) electrons. The zero-order valence-electron chi connectivity index (χ0n) is 12.1. The molecule has 0 bridgehead atoms. The molecule has 0 saturated carbocycles. The van der Waals surface area contributed by atoms with E-state index in [1.807, 2.05) is 0 Å². The molecule has 1 saturated heterocycles. The third kappa shape index (κ3) is 2.39. The Balaban J connectivity index is 1.95. The molecule has 2 aromatic rings. The van der Waals surface area contributed by atoms with E-state index in [0.717, 1.165) is 30.9 Å². The van der Waals surface area contributed by atoms with Crippen LogP contribution in [-0.4, -0.2) is 22.6 Å². The van der Waals surface area contributed by atoms with Gasteiger partial charge in [-0.3, -0.25) is 0 Å². The van der Waals surface area contributed by atoms with Crippen molar-refractivity contribution in [3.63, 3.8) is 0 Å². The van der Waals surface area contributed by atoms with Gasteiger partial charge in [-0.05, 0) is 49.0 Å². The highest BCUT2D eigenvalue weighted by atomic mass is 15.1. The summed E-state index contributed by atoms with van der Waals surface area (Å²) in [4.78, 5) is 4.81. The number of fused-ring (bicyclic) bond motifs is 1. The summed E-state index contributed by atoms with van der Waals surface area (Å²) in [5.41, 5.74) is 3.80. The van der Waals surface area contributed by atoms with Gasteiger partial charge in [-0.2, -0.15) is 0 Å². The normalized spacial score (nSPS) is 19.7. The van der Waals surface area contributed by atoms with Crippen LogP contribution in [0.15, 0.2) is 18.2 Å². The molecule has 1 aliphatic heterocycles. The Morgan fingerprint density at radius 2 is 2.26 bits per heavy atom. The summed E-state index contributed by atoms with van der Waals surface area (Å²) in [6.07, 6.45) is 2.37. The Labute approximate surface area is 115 Å². The second-order valence-electron chi connectivity index (χ2n) is 6.05. The van der Waals surface area contributed by atoms with Crippen molar-refractivity contribution in [2.24, 2.45) is 13.0 Å². The van der Waals surface area contributed by atoms with E-state index in [1.165, 1.54) is 23.3 Å². The third-order valence-corrected chi connectivity index (χ3v) is 4.30. The summed E-state index contributed by atoms with van der Waals surface area (Å²) in [7, 11) is 2.15. The number of aromatic nitrogens is 2. The Hall–Kier alpha value is -1.35. The van der Waals surface area contributed by atoms with Crippen LogP contribution in [-0.2, 0) is 13.5 Å². The van der Waals surface area contributed by atoms with Crippen molar-refractivity contribution >= 4 is 11.0 Å². The molecule has 1 atom stereocenters. The van der Waals surface area contributed by atoms with E-state index in [-0.39, 0.29) is 0 Å². The number of imidazole rings is 1. The number of nitrogens with one attached hydrogen (secondary N) is 1. The first kappa shape index (κ1) is 12.7. The van der Waals surface area contributed by atoms with Crippen molar-refractivity contribution in [1.29, 1.82) is 0 Å². The minimum Gasteiger partial charge on any atom is -0.331 e. The van der Waals surface area contributed by atoms with E-state index < -0.39 is 0 Å². The zero-order chi connectivity index (χ0) is 13.4. The van der Waals surface area contributed by atoms with Crippen LogP contribution in [0.3, 0.4) is 0 Å². The summed E-state index contributed by atoms with van der Waals surface area (Å²) in [5.74, 6) is 2.55. The van der Waals surface area contributed by atoms with Crippen LogP contribution in [0.5, 0.6) is 0 Å². The van der Waals surface area contributed by atoms with Crippen molar-refractivity contribution in [3.05, 3.63) is 29.6 Å². The maximum Gasteiger partial charge on any atom is 0.109 e.